The first-order valence-corrected chi connectivity index (χ1v) is 21.7. The second-order valence-electron chi connectivity index (χ2n) is 16.3. The highest BCUT2D eigenvalue weighted by Gasteiger charge is 2.25. The number of allylic oxidation sites excluding steroid dienone is 1. The van der Waals surface area contributed by atoms with Crippen molar-refractivity contribution >= 4 is 56.0 Å². The van der Waals surface area contributed by atoms with Gasteiger partial charge in [0.2, 0.25) is 0 Å². The van der Waals surface area contributed by atoms with Gasteiger partial charge in [-0.25, -0.2) is 0 Å². The smallest absolute Gasteiger partial charge is 0.136 e. The van der Waals surface area contributed by atoms with Crippen molar-refractivity contribution in [3.63, 3.8) is 0 Å². The van der Waals surface area contributed by atoms with Gasteiger partial charge >= 0.3 is 0 Å². The summed E-state index contributed by atoms with van der Waals surface area (Å²) in [7, 11) is 0. The van der Waals surface area contributed by atoms with Gasteiger partial charge < -0.3 is 13.7 Å². The van der Waals surface area contributed by atoms with Gasteiger partial charge in [0.1, 0.15) is 22.5 Å². The van der Waals surface area contributed by atoms with Crippen LogP contribution in [0.4, 0.5) is 17.1 Å². The maximum absolute atomic E-state index is 6.58. The van der Waals surface area contributed by atoms with Gasteiger partial charge in [-0.3, -0.25) is 0 Å². The minimum Gasteiger partial charge on any atom is -0.456 e. The molecule has 63 heavy (non-hydrogen) atoms. The average Bonchev–Trinajstić information content (AvgIpc) is 3.94. The molecule has 9 aromatic carbocycles. The molecule has 1 aliphatic carbocycles. The number of rotatable bonds is 8. The van der Waals surface area contributed by atoms with Crippen LogP contribution in [0.3, 0.4) is 0 Å². The molecule has 12 rings (SSSR count). The van der Waals surface area contributed by atoms with E-state index < -0.39 is 0 Å². The van der Waals surface area contributed by atoms with E-state index in [1.807, 2.05) is 6.07 Å². The van der Waals surface area contributed by atoms with E-state index >= 15 is 0 Å². The summed E-state index contributed by atoms with van der Waals surface area (Å²) in [4.78, 5) is 2.35. The lowest BCUT2D eigenvalue weighted by molar-refractivity contribution is 0.595. The zero-order valence-electron chi connectivity index (χ0n) is 34.5. The SMILES string of the molecule is C1=Cc2oc3ccc(-c4ccc5oc6ccccc6c5c4-c4ccc(N(c5ccc(-c6ccccc6)cc5)c5ccc(-c6ccccc6)cc5)cc4)c(-c4ccccc4)c3c2CC1. The Morgan fingerprint density at radius 2 is 0.794 bits per heavy atom. The van der Waals surface area contributed by atoms with E-state index in [0.29, 0.717) is 0 Å². The Morgan fingerprint density at radius 1 is 0.349 bits per heavy atom. The summed E-state index contributed by atoms with van der Waals surface area (Å²) < 4.78 is 13.1. The van der Waals surface area contributed by atoms with Crippen molar-refractivity contribution in [2.75, 3.05) is 4.90 Å². The van der Waals surface area contributed by atoms with Gasteiger partial charge in [-0.1, -0.05) is 152 Å². The number of para-hydroxylation sites is 1. The second kappa shape index (κ2) is 15.4. The predicted molar refractivity (Wildman–Crippen MR) is 263 cm³/mol. The number of fused-ring (bicyclic) bond motifs is 6. The van der Waals surface area contributed by atoms with Gasteiger partial charge in [0, 0.05) is 49.9 Å². The second-order valence-corrected chi connectivity index (χ2v) is 16.3. The van der Waals surface area contributed by atoms with Crippen molar-refractivity contribution in [1.82, 2.24) is 0 Å². The maximum Gasteiger partial charge on any atom is 0.136 e. The van der Waals surface area contributed by atoms with Crippen molar-refractivity contribution in [3.05, 3.63) is 230 Å². The summed E-state index contributed by atoms with van der Waals surface area (Å²) in [6.07, 6.45) is 6.30. The molecule has 0 atom stereocenters. The average molecular weight is 808 g/mol. The summed E-state index contributed by atoms with van der Waals surface area (Å²) in [6.45, 7) is 0. The van der Waals surface area contributed by atoms with Crippen LogP contribution in [0.1, 0.15) is 17.7 Å². The number of benzene rings is 9. The van der Waals surface area contributed by atoms with Crippen molar-refractivity contribution in [2.45, 2.75) is 12.8 Å². The largest absolute Gasteiger partial charge is 0.456 e. The zero-order chi connectivity index (χ0) is 41.7. The van der Waals surface area contributed by atoms with Gasteiger partial charge in [-0.05, 0) is 130 Å². The van der Waals surface area contributed by atoms with Gasteiger partial charge in [-0.2, -0.15) is 0 Å². The van der Waals surface area contributed by atoms with E-state index in [4.69, 9.17) is 8.83 Å². The third-order valence-electron chi connectivity index (χ3n) is 12.6. The first-order chi connectivity index (χ1) is 31.2. The van der Waals surface area contributed by atoms with Crippen LogP contribution >= 0.6 is 0 Å². The van der Waals surface area contributed by atoms with Crippen LogP contribution in [-0.4, -0.2) is 0 Å². The molecule has 2 heterocycles. The Balaban J connectivity index is 1.04. The lowest BCUT2D eigenvalue weighted by Gasteiger charge is -2.26. The Labute approximate surface area is 366 Å². The zero-order valence-corrected chi connectivity index (χ0v) is 34.5. The quantitative estimate of drug-likeness (QED) is 0.153. The number of anilines is 3. The lowest BCUT2D eigenvalue weighted by atomic mass is 9.84. The van der Waals surface area contributed by atoms with Crippen molar-refractivity contribution in [1.29, 1.82) is 0 Å². The molecular weight excluding hydrogens is 767 g/mol. The molecular formula is C60H41NO2. The Kier molecular flexibility index (Phi) is 8.97. The van der Waals surface area contributed by atoms with E-state index in [1.54, 1.807) is 0 Å². The fourth-order valence-corrected chi connectivity index (χ4v) is 9.63. The molecule has 0 saturated carbocycles. The van der Waals surface area contributed by atoms with Gasteiger partial charge in [0.25, 0.3) is 0 Å². The topological polar surface area (TPSA) is 29.5 Å². The third-order valence-corrected chi connectivity index (χ3v) is 12.6. The van der Waals surface area contributed by atoms with Crippen LogP contribution in [-0.2, 0) is 6.42 Å². The number of nitrogens with zero attached hydrogens (tertiary/aromatic N) is 1. The Bertz CT molecular complexity index is 3370. The molecule has 0 N–H and O–H groups in total. The Morgan fingerprint density at radius 3 is 1.37 bits per heavy atom. The summed E-state index contributed by atoms with van der Waals surface area (Å²) >= 11 is 0. The standard InChI is InChI=1S/C60H41NO2/c1-4-14-40(15-5-1)42-24-30-46(31-25-42)61(47-32-26-43(27-33-47)41-16-6-2-7-17-41)48-34-28-45(29-35-48)58-50(37-39-56-60(58)52-21-11-13-23-54(52)63-56)49-36-38-55-59(51-20-10-12-22-53(51)62-55)57(49)44-18-8-3-9-19-44/h1-9,11-19,21-39H,10,20H2. The van der Waals surface area contributed by atoms with E-state index in [-0.39, 0.29) is 0 Å². The minimum atomic E-state index is 0.867. The molecule has 3 heteroatoms. The van der Waals surface area contributed by atoms with E-state index in [1.165, 1.54) is 44.3 Å². The molecule has 0 bridgehead atoms. The molecule has 298 valence electrons. The van der Waals surface area contributed by atoms with Crippen molar-refractivity contribution < 1.29 is 8.83 Å². The number of hydrogen-bond acceptors (Lipinski definition) is 3. The normalized spacial score (nSPS) is 12.3. The summed E-state index contributed by atoms with van der Waals surface area (Å²) in [5.74, 6) is 0.964. The Hall–Kier alpha value is -8.14. The number of hydrogen-bond donors (Lipinski definition) is 0. The first kappa shape index (κ1) is 36.7. The maximum atomic E-state index is 6.58. The van der Waals surface area contributed by atoms with Crippen molar-refractivity contribution in [2.24, 2.45) is 0 Å². The lowest BCUT2D eigenvalue weighted by Crippen LogP contribution is -2.09. The van der Waals surface area contributed by atoms with Gasteiger partial charge in [0.05, 0.1) is 0 Å². The van der Waals surface area contributed by atoms with E-state index in [2.05, 4.69) is 223 Å². The van der Waals surface area contributed by atoms with Crippen LogP contribution < -0.4 is 4.90 Å². The summed E-state index contributed by atoms with van der Waals surface area (Å²) in [5, 5.41) is 3.40. The molecule has 3 nitrogen and oxygen atoms in total. The van der Waals surface area contributed by atoms with E-state index in [0.717, 1.165) is 85.4 Å². The molecule has 11 aromatic rings. The molecule has 0 amide bonds. The first-order valence-electron chi connectivity index (χ1n) is 21.7. The molecule has 0 spiro atoms. The molecule has 0 fully saturated rings. The van der Waals surface area contributed by atoms with Crippen LogP contribution in [0.2, 0.25) is 0 Å². The summed E-state index contributed by atoms with van der Waals surface area (Å²) in [6, 6.07) is 76.0. The highest BCUT2D eigenvalue weighted by Crippen LogP contribution is 2.49. The number of furan rings is 2. The van der Waals surface area contributed by atoms with Crippen LogP contribution in [0, 0.1) is 0 Å². The minimum absolute atomic E-state index is 0.867. The van der Waals surface area contributed by atoms with E-state index in [9.17, 15) is 0 Å². The molecule has 0 saturated heterocycles. The molecule has 0 aliphatic heterocycles. The molecule has 2 aromatic heterocycles. The van der Waals surface area contributed by atoms with Crippen LogP contribution in [0.15, 0.2) is 227 Å². The molecule has 0 unspecified atom stereocenters. The van der Waals surface area contributed by atoms with Crippen molar-refractivity contribution in [3.8, 4) is 55.6 Å². The predicted octanol–water partition coefficient (Wildman–Crippen LogP) is 17.1. The molecule has 1 aliphatic rings. The number of aryl methyl sites for hydroxylation is 1. The highest BCUT2D eigenvalue weighted by molar-refractivity contribution is 6.18. The fourth-order valence-electron chi connectivity index (χ4n) is 9.63. The third kappa shape index (κ3) is 6.45. The van der Waals surface area contributed by atoms with Gasteiger partial charge in [0.15, 0.2) is 0 Å². The van der Waals surface area contributed by atoms with Crippen LogP contribution in [0.5, 0.6) is 0 Å². The monoisotopic (exact) mass is 807 g/mol. The molecule has 0 radical (unpaired) electrons. The van der Waals surface area contributed by atoms with Crippen LogP contribution in [0.25, 0.3) is 94.6 Å². The fraction of sp³-hybridized carbons (Fsp3) is 0.0333. The van der Waals surface area contributed by atoms with Gasteiger partial charge in [-0.15, -0.1) is 0 Å². The highest BCUT2D eigenvalue weighted by atomic mass is 16.3. The summed E-state index contributed by atoms with van der Waals surface area (Å²) in [5.41, 5.74) is 18.9.